The first kappa shape index (κ1) is 6.13. The van der Waals surface area contributed by atoms with Gasteiger partial charge in [0.2, 0.25) is 0 Å². The second kappa shape index (κ2) is 1.71. The number of aliphatic imine (C=N–C) groups is 1. The molecule has 0 aromatic heterocycles. The summed E-state index contributed by atoms with van der Waals surface area (Å²) in [7, 11) is 0. The fourth-order valence-electron chi connectivity index (χ4n) is 1.80. The summed E-state index contributed by atoms with van der Waals surface area (Å²) in [6, 6.07) is -0.0799. The average molecular weight is 142 g/mol. The fourth-order valence-corrected chi connectivity index (χ4v) is 1.80. The summed E-state index contributed by atoms with van der Waals surface area (Å²) in [6.45, 7) is 2.04. The Morgan fingerprint density at radius 1 is 1.70 bits per heavy atom. The van der Waals surface area contributed by atoms with Gasteiger partial charge in [-0.3, -0.25) is 4.99 Å². The van der Waals surface area contributed by atoms with Gasteiger partial charge in [0, 0.05) is 12.3 Å². The molecule has 1 heterocycles. The van der Waals surface area contributed by atoms with E-state index >= 15 is 0 Å². The minimum Gasteiger partial charge on any atom is -0.387 e. The summed E-state index contributed by atoms with van der Waals surface area (Å²) >= 11 is 0. The summed E-state index contributed by atoms with van der Waals surface area (Å²) in [6.07, 6.45) is 0.0812. The zero-order chi connectivity index (χ0) is 7.30. The molecule has 0 spiro atoms. The Morgan fingerprint density at radius 2 is 2.40 bits per heavy atom. The maximum absolute atomic E-state index is 12.7. The number of rotatable bonds is 0. The average Bonchev–Trinajstić information content (AvgIpc) is 2.42. The Kier molecular flexibility index (Phi) is 1.05. The van der Waals surface area contributed by atoms with Gasteiger partial charge in [-0.15, -0.1) is 0 Å². The van der Waals surface area contributed by atoms with Crippen molar-refractivity contribution < 1.29 is 4.39 Å². The second-order valence-electron chi connectivity index (χ2n) is 3.31. The number of halogens is 1. The summed E-state index contributed by atoms with van der Waals surface area (Å²) in [4.78, 5) is 4.01. The predicted octanol–water partition coefficient (Wildman–Crippen LogP) is 0.720. The Bertz CT molecular complexity index is 190. The van der Waals surface area contributed by atoms with Gasteiger partial charge in [0.15, 0.2) is 0 Å². The van der Waals surface area contributed by atoms with Crippen molar-refractivity contribution in [3.63, 3.8) is 0 Å². The molecule has 1 aliphatic heterocycles. The number of hydrogen-bond acceptors (Lipinski definition) is 2. The molecule has 0 bridgehead atoms. The van der Waals surface area contributed by atoms with Gasteiger partial charge < -0.3 is 5.73 Å². The fraction of sp³-hybridized carbons (Fsp3) is 0.857. The summed E-state index contributed by atoms with van der Waals surface area (Å²) in [5, 5.41) is 0. The lowest BCUT2D eigenvalue weighted by atomic mass is 9.99. The first-order chi connectivity index (χ1) is 4.70. The lowest BCUT2D eigenvalue weighted by Crippen LogP contribution is -2.22. The van der Waals surface area contributed by atoms with Gasteiger partial charge >= 0.3 is 0 Å². The van der Waals surface area contributed by atoms with Gasteiger partial charge in [-0.2, -0.15) is 0 Å². The van der Waals surface area contributed by atoms with Gasteiger partial charge in [0.05, 0.1) is 11.9 Å². The van der Waals surface area contributed by atoms with E-state index in [1.54, 1.807) is 0 Å². The SMILES string of the molecule is C[C@@H]1CC(N)=N[C@@H]2[C@H](F)[C@@H]21. The third-order valence-corrected chi connectivity index (χ3v) is 2.45. The van der Waals surface area contributed by atoms with Crippen LogP contribution in [0.25, 0.3) is 0 Å². The van der Waals surface area contributed by atoms with E-state index in [4.69, 9.17) is 5.73 Å². The predicted molar refractivity (Wildman–Crippen MR) is 37.6 cm³/mol. The number of nitrogens with zero attached hydrogens (tertiary/aromatic N) is 1. The van der Waals surface area contributed by atoms with Gasteiger partial charge in [-0.25, -0.2) is 4.39 Å². The molecule has 2 aliphatic rings. The molecule has 0 amide bonds. The first-order valence-electron chi connectivity index (χ1n) is 3.66. The lowest BCUT2D eigenvalue weighted by Gasteiger charge is -2.12. The van der Waals surface area contributed by atoms with Crippen LogP contribution in [0.15, 0.2) is 4.99 Å². The van der Waals surface area contributed by atoms with Crippen molar-refractivity contribution in [1.82, 2.24) is 0 Å². The molecule has 10 heavy (non-hydrogen) atoms. The smallest absolute Gasteiger partial charge is 0.128 e. The molecule has 1 fully saturated rings. The highest BCUT2D eigenvalue weighted by atomic mass is 19.1. The Balaban J connectivity index is 2.18. The monoisotopic (exact) mass is 142 g/mol. The molecule has 2 N–H and O–H groups in total. The molecule has 0 aromatic carbocycles. The molecular formula is C7H11FN2. The van der Waals surface area contributed by atoms with Crippen LogP contribution in [0.5, 0.6) is 0 Å². The molecule has 2 rings (SSSR count). The van der Waals surface area contributed by atoms with Crippen molar-refractivity contribution in [2.45, 2.75) is 25.6 Å². The van der Waals surface area contributed by atoms with E-state index < -0.39 is 6.17 Å². The van der Waals surface area contributed by atoms with Crippen LogP contribution in [-0.2, 0) is 0 Å². The highest BCUT2D eigenvalue weighted by molar-refractivity contribution is 5.82. The highest BCUT2D eigenvalue weighted by Crippen LogP contribution is 2.47. The van der Waals surface area contributed by atoms with Crippen LogP contribution >= 0.6 is 0 Å². The second-order valence-corrected chi connectivity index (χ2v) is 3.31. The molecule has 2 nitrogen and oxygen atoms in total. The topological polar surface area (TPSA) is 38.4 Å². The van der Waals surface area contributed by atoms with Crippen molar-refractivity contribution in [2.75, 3.05) is 0 Å². The van der Waals surface area contributed by atoms with Crippen LogP contribution in [0.4, 0.5) is 4.39 Å². The van der Waals surface area contributed by atoms with Crippen LogP contribution in [0.1, 0.15) is 13.3 Å². The molecule has 56 valence electrons. The van der Waals surface area contributed by atoms with Crippen LogP contribution in [-0.4, -0.2) is 18.0 Å². The van der Waals surface area contributed by atoms with Crippen LogP contribution in [0, 0.1) is 11.8 Å². The van der Waals surface area contributed by atoms with Gasteiger partial charge in [0.1, 0.15) is 6.17 Å². The van der Waals surface area contributed by atoms with Crippen LogP contribution < -0.4 is 5.73 Å². The van der Waals surface area contributed by atoms with Gasteiger partial charge in [-0.1, -0.05) is 6.92 Å². The van der Waals surface area contributed by atoms with E-state index in [9.17, 15) is 4.39 Å². The zero-order valence-electron chi connectivity index (χ0n) is 5.92. The third kappa shape index (κ3) is 0.662. The van der Waals surface area contributed by atoms with Crippen molar-refractivity contribution in [2.24, 2.45) is 22.6 Å². The van der Waals surface area contributed by atoms with Crippen molar-refractivity contribution in [3.8, 4) is 0 Å². The summed E-state index contributed by atoms with van der Waals surface area (Å²) in [5.74, 6) is 1.22. The van der Waals surface area contributed by atoms with E-state index in [0.717, 1.165) is 6.42 Å². The number of fused-ring (bicyclic) bond motifs is 1. The Morgan fingerprint density at radius 3 is 3.00 bits per heavy atom. The Hall–Kier alpha value is -0.600. The molecule has 0 saturated heterocycles. The lowest BCUT2D eigenvalue weighted by molar-refractivity contribution is 0.394. The quantitative estimate of drug-likeness (QED) is 0.531. The van der Waals surface area contributed by atoms with E-state index in [-0.39, 0.29) is 12.0 Å². The summed E-state index contributed by atoms with van der Waals surface area (Å²) < 4.78 is 12.7. The molecule has 0 aromatic rings. The molecule has 1 aliphatic carbocycles. The number of hydrogen-bond donors (Lipinski definition) is 1. The standard InChI is InChI=1S/C7H11FN2/c1-3-2-4(9)10-7-5(3)6(7)8/h3,5-7H,2H2,1H3,(H2,9,10)/t3-,5+,6-,7+/m1/s1. The molecule has 4 atom stereocenters. The largest absolute Gasteiger partial charge is 0.387 e. The molecule has 3 heteroatoms. The summed E-state index contributed by atoms with van der Waals surface area (Å²) in [5.41, 5.74) is 5.49. The molecule has 1 saturated carbocycles. The molecule has 0 unspecified atom stereocenters. The maximum Gasteiger partial charge on any atom is 0.128 e. The maximum atomic E-state index is 12.7. The molecular weight excluding hydrogens is 131 g/mol. The normalized spacial score (nSPS) is 51.6. The van der Waals surface area contributed by atoms with Crippen molar-refractivity contribution >= 4 is 5.84 Å². The van der Waals surface area contributed by atoms with Gasteiger partial charge in [-0.05, 0) is 5.92 Å². The third-order valence-electron chi connectivity index (χ3n) is 2.45. The highest BCUT2D eigenvalue weighted by Gasteiger charge is 2.56. The van der Waals surface area contributed by atoms with E-state index in [1.165, 1.54) is 0 Å². The zero-order valence-corrected chi connectivity index (χ0v) is 5.92. The Labute approximate surface area is 59.3 Å². The van der Waals surface area contributed by atoms with E-state index in [1.807, 2.05) is 6.92 Å². The van der Waals surface area contributed by atoms with E-state index in [0.29, 0.717) is 11.8 Å². The minimum atomic E-state index is -0.698. The molecule has 0 radical (unpaired) electrons. The van der Waals surface area contributed by atoms with Crippen molar-refractivity contribution in [3.05, 3.63) is 0 Å². The minimum absolute atomic E-state index is 0.0799. The number of alkyl halides is 1. The van der Waals surface area contributed by atoms with Gasteiger partial charge in [0.25, 0.3) is 0 Å². The van der Waals surface area contributed by atoms with Crippen LogP contribution in [0.3, 0.4) is 0 Å². The van der Waals surface area contributed by atoms with Crippen molar-refractivity contribution in [1.29, 1.82) is 0 Å². The van der Waals surface area contributed by atoms with Crippen LogP contribution in [0.2, 0.25) is 0 Å². The first-order valence-corrected chi connectivity index (χ1v) is 3.66. The number of amidine groups is 1. The van der Waals surface area contributed by atoms with E-state index in [2.05, 4.69) is 4.99 Å². The number of nitrogens with two attached hydrogens (primary N) is 1.